The van der Waals surface area contributed by atoms with Gasteiger partial charge in [-0.1, -0.05) is 67.6 Å². The van der Waals surface area contributed by atoms with Gasteiger partial charge in [-0.3, -0.25) is 0 Å². The summed E-state index contributed by atoms with van der Waals surface area (Å²) < 4.78 is 19.3. The van der Waals surface area contributed by atoms with Gasteiger partial charge in [0.25, 0.3) is 0 Å². The Kier molecular flexibility index (Phi) is 7.22. The molecule has 0 heterocycles. The third-order valence-electron chi connectivity index (χ3n) is 9.60. The Morgan fingerprint density at radius 2 is 1.53 bits per heavy atom. The highest BCUT2D eigenvalue weighted by molar-refractivity contribution is 5.50. The van der Waals surface area contributed by atoms with E-state index >= 15 is 0 Å². The normalized spacial score (nSPS) is 27.9. The van der Waals surface area contributed by atoms with Gasteiger partial charge in [-0.2, -0.15) is 0 Å². The minimum atomic E-state index is 0.110. The van der Waals surface area contributed by atoms with Crippen molar-refractivity contribution in [1.82, 2.24) is 0 Å². The quantitative estimate of drug-likeness (QED) is 0.304. The minimum Gasteiger partial charge on any atom is -0.487 e. The van der Waals surface area contributed by atoms with Gasteiger partial charge in [0.05, 0.1) is 18.8 Å². The number of aryl methyl sites for hydroxylation is 1. The van der Waals surface area contributed by atoms with Crippen LogP contribution in [0.1, 0.15) is 81.0 Å². The van der Waals surface area contributed by atoms with Crippen LogP contribution in [-0.4, -0.2) is 12.2 Å². The number of ether oxygens (including phenoxy) is 3. The van der Waals surface area contributed by atoms with Crippen LogP contribution in [0.2, 0.25) is 0 Å². The molecule has 3 aromatic rings. The van der Waals surface area contributed by atoms with Gasteiger partial charge in [-0.05, 0) is 110 Å². The van der Waals surface area contributed by atoms with E-state index < -0.39 is 0 Å². The van der Waals surface area contributed by atoms with Crippen molar-refractivity contribution in [3.05, 3.63) is 95.1 Å². The Balaban J connectivity index is 1.21. The van der Waals surface area contributed by atoms with E-state index in [0.29, 0.717) is 18.6 Å². The van der Waals surface area contributed by atoms with Gasteiger partial charge in [0.2, 0.25) is 0 Å². The zero-order valence-corrected chi connectivity index (χ0v) is 23.2. The number of fused-ring (bicyclic) bond motifs is 5. The van der Waals surface area contributed by atoms with Crippen LogP contribution in [0.4, 0.5) is 0 Å². The molecule has 0 aromatic heterocycles. The van der Waals surface area contributed by atoms with Crippen LogP contribution < -0.4 is 9.47 Å². The zero-order valence-electron chi connectivity index (χ0n) is 23.2. The first-order valence-corrected chi connectivity index (χ1v) is 14.7. The molecule has 5 atom stereocenters. The number of rotatable bonds is 8. The Hall–Kier alpha value is -2.78. The molecule has 0 saturated heterocycles. The second-order valence-corrected chi connectivity index (χ2v) is 12.3. The first-order valence-electron chi connectivity index (χ1n) is 14.7. The molecule has 6 rings (SSSR count). The lowest BCUT2D eigenvalue weighted by molar-refractivity contribution is -0.0707. The molecular formula is C35H42O3. The number of hydrogen-bond donors (Lipinski definition) is 0. The van der Waals surface area contributed by atoms with Crippen LogP contribution in [0.25, 0.3) is 0 Å². The molecule has 2 saturated carbocycles. The molecule has 3 aliphatic rings. The highest BCUT2D eigenvalue weighted by Crippen LogP contribution is 2.62. The van der Waals surface area contributed by atoms with Crippen molar-refractivity contribution < 1.29 is 14.2 Å². The minimum absolute atomic E-state index is 0.110. The lowest BCUT2D eigenvalue weighted by Gasteiger charge is -2.50. The SMILES string of the molecule is CC(C)Oc1cc2c(cc1OCc1ccccc1)CC[C@@H]1[C@@H]2CC[C@]2(C)[C@@H](OCc3ccccc3)CC[C@@H]12. The first-order chi connectivity index (χ1) is 18.5. The average Bonchev–Trinajstić information content (AvgIpc) is 3.27. The van der Waals surface area contributed by atoms with E-state index in [4.69, 9.17) is 14.2 Å². The molecule has 0 aliphatic heterocycles. The summed E-state index contributed by atoms with van der Waals surface area (Å²) in [6.07, 6.45) is 7.83. The maximum Gasteiger partial charge on any atom is 0.161 e. The van der Waals surface area contributed by atoms with Crippen molar-refractivity contribution >= 4 is 0 Å². The Morgan fingerprint density at radius 3 is 2.24 bits per heavy atom. The monoisotopic (exact) mass is 510 g/mol. The molecule has 0 spiro atoms. The summed E-state index contributed by atoms with van der Waals surface area (Å²) in [4.78, 5) is 0. The highest BCUT2D eigenvalue weighted by atomic mass is 16.5. The Morgan fingerprint density at radius 1 is 0.816 bits per heavy atom. The van der Waals surface area contributed by atoms with E-state index in [1.54, 1.807) is 0 Å². The molecule has 2 fully saturated rings. The molecule has 0 amide bonds. The summed E-state index contributed by atoms with van der Waals surface area (Å²) in [6.45, 7) is 8.02. The van der Waals surface area contributed by atoms with Crippen LogP contribution in [0.5, 0.6) is 11.5 Å². The topological polar surface area (TPSA) is 27.7 Å². The smallest absolute Gasteiger partial charge is 0.161 e. The summed E-state index contributed by atoms with van der Waals surface area (Å²) in [5.41, 5.74) is 5.72. The molecule has 3 aromatic carbocycles. The van der Waals surface area contributed by atoms with Crippen molar-refractivity contribution in [2.45, 2.75) is 90.6 Å². The fraction of sp³-hybridized carbons (Fsp3) is 0.486. The second-order valence-electron chi connectivity index (χ2n) is 12.3. The third-order valence-corrected chi connectivity index (χ3v) is 9.60. The van der Waals surface area contributed by atoms with Crippen LogP contribution in [0.15, 0.2) is 72.8 Å². The third kappa shape index (κ3) is 4.98. The van der Waals surface area contributed by atoms with Crippen molar-refractivity contribution in [2.75, 3.05) is 0 Å². The molecule has 0 N–H and O–H groups in total. The molecule has 0 unspecified atom stereocenters. The fourth-order valence-corrected chi connectivity index (χ4v) is 7.77. The van der Waals surface area contributed by atoms with E-state index in [9.17, 15) is 0 Å². The molecule has 3 heteroatoms. The molecule has 0 bridgehead atoms. The van der Waals surface area contributed by atoms with Gasteiger partial charge in [0.1, 0.15) is 6.61 Å². The van der Waals surface area contributed by atoms with Gasteiger partial charge >= 0.3 is 0 Å². The molecule has 38 heavy (non-hydrogen) atoms. The van der Waals surface area contributed by atoms with E-state index in [-0.39, 0.29) is 11.5 Å². The maximum atomic E-state index is 6.62. The lowest BCUT2D eigenvalue weighted by Crippen LogP contribution is -2.44. The highest BCUT2D eigenvalue weighted by Gasteiger charge is 2.55. The van der Waals surface area contributed by atoms with E-state index in [2.05, 4.69) is 87.5 Å². The summed E-state index contributed by atoms with van der Waals surface area (Å²) in [5, 5.41) is 0. The van der Waals surface area contributed by atoms with Gasteiger partial charge in [0.15, 0.2) is 11.5 Å². The molecule has 0 radical (unpaired) electrons. The van der Waals surface area contributed by atoms with Gasteiger partial charge < -0.3 is 14.2 Å². The molecule has 3 nitrogen and oxygen atoms in total. The van der Waals surface area contributed by atoms with E-state index in [0.717, 1.165) is 36.4 Å². The van der Waals surface area contributed by atoms with Crippen LogP contribution in [-0.2, 0) is 24.4 Å². The van der Waals surface area contributed by atoms with Crippen LogP contribution >= 0.6 is 0 Å². The first kappa shape index (κ1) is 25.5. The Labute approximate surface area is 228 Å². The summed E-state index contributed by atoms with van der Waals surface area (Å²) >= 11 is 0. The maximum absolute atomic E-state index is 6.62. The van der Waals surface area contributed by atoms with Crippen LogP contribution in [0, 0.1) is 17.3 Å². The van der Waals surface area contributed by atoms with Crippen molar-refractivity contribution in [1.29, 1.82) is 0 Å². The zero-order chi connectivity index (χ0) is 26.1. The van der Waals surface area contributed by atoms with Crippen molar-refractivity contribution in [3.63, 3.8) is 0 Å². The van der Waals surface area contributed by atoms with Gasteiger partial charge in [-0.25, -0.2) is 0 Å². The number of hydrogen-bond acceptors (Lipinski definition) is 3. The van der Waals surface area contributed by atoms with Crippen LogP contribution in [0.3, 0.4) is 0 Å². The van der Waals surface area contributed by atoms with Gasteiger partial charge in [0, 0.05) is 0 Å². The second kappa shape index (κ2) is 10.8. The lowest BCUT2D eigenvalue weighted by atomic mass is 9.55. The van der Waals surface area contributed by atoms with Gasteiger partial charge in [-0.15, -0.1) is 0 Å². The molecule has 200 valence electrons. The molecular weight excluding hydrogens is 468 g/mol. The summed E-state index contributed by atoms with van der Waals surface area (Å²) in [6, 6.07) is 25.7. The molecule has 3 aliphatic carbocycles. The Bertz CT molecular complexity index is 1220. The summed E-state index contributed by atoms with van der Waals surface area (Å²) in [5.74, 6) is 3.87. The largest absolute Gasteiger partial charge is 0.487 e. The standard InChI is InChI=1S/C35H42O3/c1-24(2)38-33-21-30-27(20-32(33)36-22-25-10-6-4-7-11-25)14-15-29-28(30)18-19-35(3)31(29)16-17-34(35)37-23-26-12-8-5-9-13-26/h4-13,20-21,24,28-29,31,34H,14-19,22-23H2,1-3H3/t28-,29+,31-,34-,35-/m0/s1. The van der Waals surface area contributed by atoms with E-state index in [1.165, 1.54) is 54.4 Å². The van der Waals surface area contributed by atoms with E-state index in [1.807, 2.05) is 6.07 Å². The number of benzene rings is 3. The predicted octanol–water partition coefficient (Wildman–Crippen LogP) is 8.49. The van der Waals surface area contributed by atoms with Crippen molar-refractivity contribution in [3.8, 4) is 11.5 Å². The fourth-order valence-electron chi connectivity index (χ4n) is 7.77. The summed E-state index contributed by atoms with van der Waals surface area (Å²) in [7, 11) is 0. The average molecular weight is 511 g/mol. The van der Waals surface area contributed by atoms with Crippen molar-refractivity contribution in [2.24, 2.45) is 17.3 Å². The predicted molar refractivity (Wildman–Crippen MR) is 153 cm³/mol.